The summed E-state index contributed by atoms with van der Waals surface area (Å²) in [5, 5.41) is 11.8. The van der Waals surface area contributed by atoms with Crippen molar-refractivity contribution in [3.8, 4) is 11.1 Å². The summed E-state index contributed by atoms with van der Waals surface area (Å²) in [5.74, 6) is 0.817. The summed E-state index contributed by atoms with van der Waals surface area (Å²) < 4.78 is 34.7. The number of carbonyl (C=O) groups excluding carboxylic acids is 2. The van der Waals surface area contributed by atoms with Crippen molar-refractivity contribution in [2.24, 2.45) is 16.1 Å². The van der Waals surface area contributed by atoms with Crippen molar-refractivity contribution < 1.29 is 23.1 Å². The van der Waals surface area contributed by atoms with E-state index < -0.39 is 24.2 Å². The molecular weight excluding hydrogens is 680 g/mol. The SMILES string of the molecule is CC(C)(C)C[C@]1(c2ccc(-c3cnn(C(F)F)c3)cc2)N=C(N)N([C@H](COC(=O)NC2(C)CC2)C2=CC=C(Cl)C(n3ncnc3C3CC3)C2)C1=O. The highest BCUT2D eigenvalue weighted by Gasteiger charge is 2.53. The minimum absolute atomic E-state index is 0.00720. The Hall–Kier alpha value is -4.59. The summed E-state index contributed by atoms with van der Waals surface area (Å²) in [5.41, 5.74) is 7.14. The van der Waals surface area contributed by atoms with Crippen LogP contribution in [0.15, 0.2) is 70.7 Å². The monoisotopic (exact) mass is 721 g/mol. The van der Waals surface area contributed by atoms with Crippen molar-refractivity contribution in [2.45, 2.75) is 102 Å². The third kappa shape index (κ3) is 7.02. The second kappa shape index (κ2) is 12.9. The number of allylic oxidation sites excluding steroid dienone is 3. The van der Waals surface area contributed by atoms with Gasteiger partial charge < -0.3 is 15.8 Å². The number of ether oxygens (including phenoxy) is 1. The largest absolute Gasteiger partial charge is 0.447 e. The molecule has 3 aliphatic carbocycles. The molecule has 12 nitrogen and oxygen atoms in total. The first kappa shape index (κ1) is 34.8. The molecule has 2 aromatic heterocycles. The van der Waals surface area contributed by atoms with E-state index in [-0.39, 0.29) is 35.5 Å². The third-order valence-corrected chi connectivity index (χ3v) is 10.3. The van der Waals surface area contributed by atoms with E-state index in [1.165, 1.54) is 23.6 Å². The van der Waals surface area contributed by atoms with Gasteiger partial charge in [0.25, 0.3) is 5.91 Å². The number of rotatable bonds is 11. The summed E-state index contributed by atoms with van der Waals surface area (Å²) in [4.78, 5) is 38.9. The molecule has 1 aliphatic heterocycles. The molecule has 1 unspecified atom stereocenters. The van der Waals surface area contributed by atoms with Crippen molar-refractivity contribution in [2.75, 3.05) is 6.61 Å². The van der Waals surface area contributed by atoms with Crippen LogP contribution in [0.5, 0.6) is 0 Å². The van der Waals surface area contributed by atoms with Gasteiger partial charge in [-0.15, -0.1) is 0 Å². The summed E-state index contributed by atoms with van der Waals surface area (Å²) >= 11 is 6.80. The van der Waals surface area contributed by atoms with Crippen LogP contribution in [-0.4, -0.2) is 65.6 Å². The molecule has 3 aromatic rings. The molecule has 7 rings (SSSR count). The fraction of sp³-hybridized carbons (Fsp3) is 0.500. The van der Waals surface area contributed by atoms with E-state index >= 15 is 4.79 Å². The number of aromatic nitrogens is 5. The fourth-order valence-corrected chi connectivity index (χ4v) is 7.21. The van der Waals surface area contributed by atoms with Crippen LogP contribution in [0, 0.1) is 5.41 Å². The fourth-order valence-electron chi connectivity index (χ4n) is 6.97. The highest BCUT2D eigenvalue weighted by atomic mass is 35.5. The van der Waals surface area contributed by atoms with Gasteiger partial charge in [-0.25, -0.2) is 24.1 Å². The Morgan fingerprint density at radius 3 is 2.49 bits per heavy atom. The van der Waals surface area contributed by atoms with Gasteiger partial charge in [0.05, 0.1) is 18.3 Å². The van der Waals surface area contributed by atoms with E-state index in [0.29, 0.717) is 45.2 Å². The van der Waals surface area contributed by atoms with Crippen LogP contribution in [-0.2, 0) is 15.1 Å². The zero-order valence-electron chi connectivity index (χ0n) is 29.0. The second-order valence-electron chi connectivity index (χ2n) is 15.5. The van der Waals surface area contributed by atoms with E-state index in [1.54, 1.807) is 30.3 Å². The van der Waals surface area contributed by atoms with Crippen LogP contribution in [0.3, 0.4) is 0 Å². The number of halogens is 3. The van der Waals surface area contributed by atoms with E-state index in [4.69, 9.17) is 27.1 Å². The summed E-state index contributed by atoms with van der Waals surface area (Å²) in [6.45, 7) is 5.06. The van der Waals surface area contributed by atoms with E-state index in [1.807, 2.05) is 38.5 Å². The first-order chi connectivity index (χ1) is 24.2. The standard InChI is InChI=1S/C36H42ClF2N9O3/c1-34(2,3)19-36(25-10-7-21(8-11-25)24-16-42-46(17-24)31(38)39)30(49)47(32(40)44-36)28(18-51-33(50)45-35(4)13-14-35)23-9-12-26(37)27(15-23)48-29(22-5-6-22)41-20-43-48/h7-12,16-17,20,22,27-28,31H,5-6,13-15,18-19H2,1-4H3,(H2,40,44)(H,45,50)/t27?,28-,36-/m1/s1. The molecule has 2 saturated carbocycles. The number of amides is 2. The Morgan fingerprint density at radius 1 is 1.14 bits per heavy atom. The Labute approximate surface area is 299 Å². The van der Waals surface area contributed by atoms with Gasteiger partial charge in [0.2, 0.25) is 0 Å². The molecule has 51 heavy (non-hydrogen) atoms. The van der Waals surface area contributed by atoms with Crippen LogP contribution in [0.25, 0.3) is 11.1 Å². The first-order valence-corrected chi connectivity index (χ1v) is 17.6. The van der Waals surface area contributed by atoms with Gasteiger partial charge in [0.15, 0.2) is 11.5 Å². The number of hydrogen-bond donors (Lipinski definition) is 2. The molecule has 3 N–H and O–H groups in total. The third-order valence-electron chi connectivity index (χ3n) is 9.97. The lowest BCUT2D eigenvalue weighted by atomic mass is 9.75. The molecule has 15 heteroatoms. The molecule has 2 amide bonds. The Bertz CT molecular complexity index is 1920. The molecule has 0 spiro atoms. The van der Waals surface area contributed by atoms with Crippen LogP contribution in [0.4, 0.5) is 13.6 Å². The molecular formula is C36H42ClF2N9O3. The average Bonchev–Trinajstić information content (AvgIpc) is 3.89. The maximum absolute atomic E-state index is 15.0. The zero-order chi connectivity index (χ0) is 36.3. The number of carbonyl (C=O) groups is 2. The smallest absolute Gasteiger partial charge is 0.407 e. The van der Waals surface area contributed by atoms with Crippen LogP contribution >= 0.6 is 11.6 Å². The maximum atomic E-state index is 15.0. The number of benzene rings is 1. The summed E-state index contributed by atoms with van der Waals surface area (Å²) in [6.07, 6.45) is 11.7. The van der Waals surface area contributed by atoms with E-state index in [2.05, 4.69) is 20.5 Å². The lowest BCUT2D eigenvalue weighted by molar-refractivity contribution is -0.134. The molecule has 270 valence electrons. The van der Waals surface area contributed by atoms with Gasteiger partial charge in [0.1, 0.15) is 18.8 Å². The lowest BCUT2D eigenvalue weighted by Crippen LogP contribution is -2.52. The van der Waals surface area contributed by atoms with Gasteiger partial charge in [-0.05, 0) is 73.6 Å². The lowest BCUT2D eigenvalue weighted by Gasteiger charge is -2.36. The van der Waals surface area contributed by atoms with Crippen LogP contribution in [0.1, 0.15) is 96.1 Å². The number of alkyl halides is 2. The Kier molecular flexibility index (Phi) is 8.79. The van der Waals surface area contributed by atoms with Crippen molar-refractivity contribution in [1.82, 2.24) is 34.8 Å². The van der Waals surface area contributed by atoms with Crippen LogP contribution in [0.2, 0.25) is 0 Å². The van der Waals surface area contributed by atoms with E-state index in [9.17, 15) is 13.6 Å². The van der Waals surface area contributed by atoms with Gasteiger partial charge in [-0.1, -0.05) is 62.7 Å². The molecule has 0 radical (unpaired) electrons. The molecule has 0 bridgehead atoms. The van der Waals surface area contributed by atoms with Crippen molar-refractivity contribution >= 4 is 29.6 Å². The number of nitrogens with one attached hydrogen (secondary N) is 1. The predicted octanol–water partition coefficient (Wildman–Crippen LogP) is 6.54. The molecule has 2 fully saturated rings. The predicted molar refractivity (Wildman–Crippen MR) is 187 cm³/mol. The number of hydrogen-bond acceptors (Lipinski definition) is 8. The van der Waals surface area contributed by atoms with Gasteiger partial charge in [-0.3, -0.25) is 9.69 Å². The van der Waals surface area contributed by atoms with Crippen LogP contribution < -0.4 is 11.1 Å². The first-order valence-electron chi connectivity index (χ1n) is 17.2. The number of alkyl carbamates (subject to hydrolysis) is 1. The van der Waals surface area contributed by atoms with Crippen molar-refractivity contribution in [3.63, 3.8) is 0 Å². The topological polar surface area (TPSA) is 146 Å². The zero-order valence-corrected chi connectivity index (χ0v) is 29.8. The number of aliphatic imine (C=N–C) groups is 1. The Morgan fingerprint density at radius 2 is 1.86 bits per heavy atom. The normalized spacial score (nSPS) is 23.5. The molecule has 0 saturated heterocycles. The molecule has 3 heterocycles. The number of guanidine groups is 1. The second-order valence-corrected chi connectivity index (χ2v) is 15.9. The van der Waals surface area contributed by atoms with Gasteiger partial charge in [0, 0.05) is 28.2 Å². The highest BCUT2D eigenvalue weighted by molar-refractivity contribution is 6.30. The van der Waals surface area contributed by atoms with Crippen molar-refractivity contribution in [3.05, 3.63) is 77.1 Å². The quantitative estimate of drug-likeness (QED) is 0.229. The average molecular weight is 722 g/mol. The van der Waals surface area contributed by atoms with E-state index in [0.717, 1.165) is 37.1 Å². The number of nitrogens with zero attached hydrogens (tertiary/aromatic N) is 7. The van der Waals surface area contributed by atoms with Gasteiger partial charge >= 0.3 is 12.6 Å². The minimum atomic E-state index is -2.76. The van der Waals surface area contributed by atoms with Gasteiger partial charge in [-0.2, -0.15) is 19.0 Å². The van der Waals surface area contributed by atoms with Crippen molar-refractivity contribution in [1.29, 1.82) is 0 Å². The number of nitrogens with two attached hydrogens (primary N) is 1. The highest BCUT2D eigenvalue weighted by Crippen LogP contribution is 2.46. The summed E-state index contributed by atoms with van der Waals surface area (Å²) in [6, 6.07) is 5.89. The summed E-state index contributed by atoms with van der Waals surface area (Å²) in [7, 11) is 0. The Balaban J connectivity index is 1.23. The minimum Gasteiger partial charge on any atom is -0.447 e. The molecule has 4 aliphatic rings. The molecule has 1 aromatic carbocycles. The maximum Gasteiger partial charge on any atom is 0.407 e. The molecule has 3 atom stereocenters.